The highest BCUT2D eigenvalue weighted by molar-refractivity contribution is 5.90. The fraction of sp³-hybridized carbons (Fsp3) is 0.0625. The van der Waals surface area contributed by atoms with E-state index in [1.165, 1.54) is 0 Å². The lowest BCUT2D eigenvalue weighted by Crippen LogP contribution is -2.05. The molecule has 2 nitrogen and oxygen atoms in total. The van der Waals surface area contributed by atoms with Crippen molar-refractivity contribution >= 4 is 18.1 Å². The van der Waals surface area contributed by atoms with E-state index in [9.17, 15) is 4.79 Å². The predicted octanol–water partition coefficient (Wildman–Crippen LogP) is 3.44. The maximum Gasteiger partial charge on any atom is 0.331 e. The Morgan fingerprint density at radius 2 is 1.83 bits per heavy atom. The quantitative estimate of drug-likeness (QED) is 0.811. The first-order valence-electron chi connectivity index (χ1n) is 5.86. The lowest BCUT2D eigenvalue weighted by Gasteiger charge is -2.13. The van der Waals surface area contributed by atoms with Gasteiger partial charge in [-0.05, 0) is 22.3 Å². The van der Waals surface area contributed by atoms with Gasteiger partial charge in [-0.1, -0.05) is 54.6 Å². The molecular weight excluding hydrogens is 224 g/mol. The summed E-state index contributed by atoms with van der Waals surface area (Å²) in [4.78, 5) is 11.0. The average Bonchev–Trinajstić information content (AvgIpc) is 2.56. The second-order valence-corrected chi connectivity index (χ2v) is 4.43. The maximum absolute atomic E-state index is 11.0. The van der Waals surface area contributed by atoms with Crippen molar-refractivity contribution in [3.8, 4) is 0 Å². The Bertz CT molecular complexity index is 643. The zero-order valence-corrected chi connectivity index (χ0v) is 9.76. The third-order valence-electron chi connectivity index (χ3n) is 3.26. The molecule has 0 spiro atoms. The molecule has 18 heavy (non-hydrogen) atoms. The fourth-order valence-corrected chi connectivity index (χ4v) is 2.27. The van der Waals surface area contributed by atoms with Crippen LogP contribution in [0.3, 0.4) is 0 Å². The SMILES string of the molecule is O=C(O)C1=CC=C2C=Cc3ccccc3C=C2C1. The molecule has 0 bridgehead atoms. The first-order chi connectivity index (χ1) is 8.74. The van der Waals surface area contributed by atoms with E-state index in [2.05, 4.69) is 18.2 Å². The minimum absolute atomic E-state index is 0.442. The third-order valence-corrected chi connectivity index (χ3v) is 3.26. The second kappa shape index (κ2) is 4.15. The molecule has 3 rings (SSSR count). The monoisotopic (exact) mass is 236 g/mol. The van der Waals surface area contributed by atoms with Gasteiger partial charge in [0.25, 0.3) is 0 Å². The summed E-state index contributed by atoms with van der Waals surface area (Å²) in [5, 5.41) is 9.05. The summed E-state index contributed by atoms with van der Waals surface area (Å²) >= 11 is 0. The van der Waals surface area contributed by atoms with Crippen molar-refractivity contribution in [1.82, 2.24) is 0 Å². The highest BCUT2D eigenvalue weighted by Crippen LogP contribution is 2.31. The molecule has 0 aliphatic heterocycles. The van der Waals surface area contributed by atoms with Crippen LogP contribution < -0.4 is 0 Å². The Kier molecular flexibility index (Phi) is 2.49. The Hall–Kier alpha value is -2.35. The summed E-state index contributed by atoms with van der Waals surface area (Å²) in [5.74, 6) is -0.840. The van der Waals surface area contributed by atoms with Gasteiger partial charge in [-0.3, -0.25) is 0 Å². The maximum atomic E-state index is 11.0. The van der Waals surface area contributed by atoms with Crippen molar-refractivity contribution < 1.29 is 9.90 Å². The van der Waals surface area contributed by atoms with Gasteiger partial charge < -0.3 is 5.11 Å². The number of hydrogen-bond donors (Lipinski definition) is 1. The number of carboxylic acid groups (broad SMARTS) is 1. The van der Waals surface area contributed by atoms with Crippen molar-refractivity contribution in [1.29, 1.82) is 0 Å². The van der Waals surface area contributed by atoms with E-state index in [4.69, 9.17) is 5.11 Å². The van der Waals surface area contributed by atoms with Crippen LogP contribution in [-0.4, -0.2) is 11.1 Å². The molecule has 0 radical (unpaired) electrons. The van der Waals surface area contributed by atoms with Crippen LogP contribution in [0.2, 0.25) is 0 Å². The van der Waals surface area contributed by atoms with Crippen molar-refractivity contribution in [3.63, 3.8) is 0 Å². The molecule has 2 aliphatic carbocycles. The Balaban J connectivity index is 2.10. The van der Waals surface area contributed by atoms with Gasteiger partial charge in [-0.25, -0.2) is 4.79 Å². The summed E-state index contributed by atoms with van der Waals surface area (Å²) in [5.41, 5.74) is 4.90. The van der Waals surface area contributed by atoms with Crippen molar-refractivity contribution in [2.75, 3.05) is 0 Å². The minimum atomic E-state index is -0.840. The molecular formula is C16H12O2. The molecule has 0 heterocycles. The second-order valence-electron chi connectivity index (χ2n) is 4.43. The fourth-order valence-electron chi connectivity index (χ4n) is 2.27. The van der Waals surface area contributed by atoms with Crippen molar-refractivity contribution in [3.05, 3.63) is 70.3 Å². The summed E-state index contributed by atoms with van der Waals surface area (Å²) in [6.07, 6.45) is 10.3. The molecule has 0 atom stereocenters. The van der Waals surface area contributed by atoms with E-state index in [-0.39, 0.29) is 0 Å². The van der Waals surface area contributed by atoms with Gasteiger partial charge in [-0.15, -0.1) is 0 Å². The normalized spacial score (nSPS) is 16.8. The summed E-state index contributed by atoms with van der Waals surface area (Å²) in [6.45, 7) is 0. The van der Waals surface area contributed by atoms with Gasteiger partial charge in [-0.2, -0.15) is 0 Å². The van der Waals surface area contributed by atoms with Crippen LogP contribution in [0.4, 0.5) is 0 Å². The van der Waals surface area contributed by atoms with E-state index in [0.717, 1.165) is 22.3 Å². The van der Waals surface area contributed by atoms with Gasteiger partial charge in [0.2, 0.25) is 0 Å². The Morgan fingerprint density at radius 3 is 2.61 bits per heavy atom. The molecule has 1 N–H and O–H groups in total. The van der Waals surface area contributed by atoms with E-state index in [1.54, 1.807) is 6.08 Å². The minimum Gasteiger partial charge on any atom is -0.478 e. The van der Waals surface area contributed by atoms with Crippen LogP contribution in [0.5, 0.6) is 0 Å². The summed E-state index contributed by atoms with van der Waals surface area (Å²) < 4.78 is 0. The van der Waals surface area contributed by atoms with Gasteiger partial charge in [0.15, 0.2) is 0 Å². The van der Waals surface area contributed by atoms with Crippen LogP contribution in [0.1, 0.15) is 17.5 Å². The van der Waals surface area contributed by atoms with Crippen molar-refractivity contribution in [2.45, 2.75) is 6.42 Å². The number of fused-ring (bicyclic) bond motifs is 2. The molecule has 88 valence electrons. The zero-order chi connectivity index (χ0) is 12.5. The smallest absolute Gasteiger partial charge is 0.331 e. The number of carboxylic acids is 1. The molecule has 0 saturated carbocycles. The summed E-state index contributed by atoms with van der Waals surface area (Å²) in [6, 6.07) is 8.11. The number of rotatable bonds is 1. The van der Waals surface area contributed by atoms with Crippen molar-refractivity contribution in [2.24, 2.45) is 0 Å². The number of allylic oxidation sites excluding steroid dienone is 5. The largest absolute Gasteiger partial charge is 0.478 e. The van der Waals surface area contributed by atoms with Gasteiger partial charge in [0, 0.05) is 12.0 Å². The van der Waals surface area contributed by atoms with E-state index < -0.39 is 5.97 Å². The topological polar surface area (TPSA) is 37.3 Å². The molecule has 0 unspecified atom stereocenters. The number of benzene rings is 1. The first kappa shape index (κ1) is 10.8. The zero-order valence-electron chi connectivity index (χ0n) is 9.76. The molecule has 2 aliphatic rings. The molecule has 0 fully saturated rings. The van der Waals surface area contributed by atoms with E-state index in [1.807, 2.05) is 30.4 Å². The van der Waals surface area contributed by atoms with Crippen LogP contribution in [0.25, 0.3) is 12.2 Å². The Labute approximate surface area is 105 Å². The summed E-state index contributed by atoms with van der Waals surface area (Å²) in [7, 11) is 0. The molecule has 0 aromatic heterocycles. The van der Waals surface area contributed by atoms with Gasteiger partial charge in [0.05, 0.1) is 0 Å². The predicted molar refractivity (Wildman–Crippen MR) is 71.9 cm³/mol. The highest BCUT2D eigenvalue weighted by Gasteiger charge is 2.17. The van der Waals surface area contributed by atoms with Gasteiger partial charge in [0.1, 0.15) is 0 Å². The molecule has 0 amide bonds. The first-order valence-corrected chi connectivity index (χ1v) is 5.86. The van der Waals surface area contributed by atoms with E-state index >= 15 is 0 Å². The van der Waals surface area contributed by atoms with E-state index in [0.29, 0.717) is 12.0 Å². The van der Waals surface area contributed by atoms with Crippen LogP contribution in [0.15, 0.2) is 59.2 Å². The highest BCUT2D eigenvalue weighted by atomic mass is 16.4. The van der Waals surface area contributed by atoms with Crippen LogP contribution in [0, 0.1) is 0 Å². The lowest BCUT2D eigenvalue weighted by atomic mass is 9.92. The lowest BCUT2D eigenvalue weighted by molar-refractivity contribution is -0.132. The molecule has 1 aromatic carbocycles. The third kappa shape index (κ3) is 1.82. The standard InChI is InChI=1S/C16H12O2/c17-16(18)14-8-7-12-6-5-11-3-1-2-4-13(11)9-15(12)10-14/h1-9H,10H2,(H,17,18). The molecule has 2 heteroatoms. The van der Waals surface area contributed by atoms with Crippen LogP contribution >= 0.6 is 0 Å². The molecule has 0 saturated heterocycles. The number of aliphatic carboxylic acids is 1. The number of hydrogen-bond acceptors (Lipinski definition) is 1. The number of carbonyl (C=O) groups is 1. The van der Waals surface area contributed by atoms with Crippen LogP contribution in [-0.2, 0) is 4.79 Å². The molecule has 1 aromatic rings. The Morgan fingerprint density at radius 1 is 1.06 bits per heavy atom. The van der Waals surface area contributed by atoms with Gasteiger partial charge >= 0.3 is 5.97 Å². The average molecular weight is 236 g/mol.